The van der Waals surface area contributed by atoms with Gasteiger partial charge >= 0.3 is 11.9 Å². The highest BCUT2D eigenvalue weighted by Crippen LogP contribution is 2.60. The average molecular weight is 811 g/mol. The van der Waals surface area contributed by atoms with Crippen LogP contribution in [-0.2, 0) is 47.9 Å². The van der Waals surface area contributed by atoms with Crippen molar-refractivity contribution in [3.8, 4) is 5.75 Å². The Labute approximate surface area is 339 Å². The summed E-state index contributed by atoms with van der Waals surface area (Å²) in [4.78, 5) is 88.3. The van der Waals surface area contributed by atoms with Crippen molar-refractivity contribution in [3.63, 3.8) is 0 Å². The van der Waals surface area contributed by atoms with E-state index < -0.39 is 65.6 Å². The van der Waals surface area contributed by atoms with E-state index in [1.807, 2.05) is 13.8 Å². The SMILES string of the molecule is C[C@H]1[C@H](OC(=O)CCC(=O)OCCCCCCCCCCCOc2cccc3c2C(=O)N(C2CCC(=O)NC2=O)C3=O)O[C@@H]2O[C@@]3(C)CC[C@H]4[C@H](C)CC[C@@H]1[C@@]24OO3. The van der Waals surface area contributed by atoms with Gasteiger partial charge in [0.2, 0.25) is 23.9 Å². The summed E-state index contributed by atoms with van der Waals surface area (Å²) in [5.74, 6) is -3.13. The lowest BCUT2D eigenvalue weighted by Gasteiger charge is -2.59. The van der Waals surface area contributed by atoms with Crippen LogP contribution >= 0.6 is 0 Å². The molecule has 58 heavy (non-hydrogen) atoms. The number of unbranched alkanes of at least 4 members (excludes halogenated alkanes) is 8. The second kappa shape index (κ2) is 18.1. The number of amides is 4. The number of fused-ring (bicyclic) bond motifs is 3. The topological polar surface area (TPSA) is 182 Å². The van der Waals surface area contributed by atoms with Crippen LogP contribution in [0.15, 0.2) is 18.2 Å². The fourth-order valence-electron chi connectivity index (χ4n) is 9.89. The maximum absolute atomic E-state index is 13.2. The minimum Gasteiger partial charge on any atom is -0.493 e. The third-order valence-corrected chi connectivity index (χ3v) is 13.1. The number of piperidine rings is 1. The standard InChI is InChI=1S/C43H58N2O13/c1-26-16-17-30-27(2)40(55-41-43(30)29(26)22-23-42(3,56-41)57-58-43)54-35(48)21-20-34(47)53-25-12-10-8-6-4-5-7-9-11-24-52-32-15-13-14-28-36(32)39(51)45(38(28)50)31-18-19-33(46)44-37(31)49/h13-15,26-27,29-31,40-41H,4-12,16-25H2,1-3H3,(H,44,46,49)/t26-,27-,29+,30+,31?,40-,41-,42-,43-/m1/s1. The van der Waals surface area contributed by atoms with Crippen molar-refractivity contribution in [2.24, 2.45) is 23.7 Å². The number of hydrogen-bond acceptors (Lipinski definition) is 13. The largest absolute Gasteiger partial charge is 0.493 e. The number of hydrogen-bond donors (Lipinski definition) is 1. The number of carbonyl (C=O) groups excluding carboxylic acids is 6. The molecule has 4 amide bonds. The van der Waals surface area contributed by atoms with Crippen LogP contribution in [0.25, 0.3) is 0 Å². The van der Waals surface area contributed by atoms with E-state index >= 15 is 0 Å². The summed E-state index contributed by atoms with van der Waals surface area (Å²) in [6.45, 7) is 6.84. The second-order valence-electron chi connectivity index (χ2n) is 17.1. The van der Waals surface area contributed by atoms with E-state index in [-0.39, 0.29) is 54.6 Å². The Balaban J connectivity index is 0.712. The Bertz CT molecular complexity index is 1730. The number of nitrogens with one attached hydrogen (secondary N) is 1. The molecule has 7 aliphatic rings. The lowest BCUT2D eigenvalue weighted by atomic mass is 9.58. The van der Waals surface area contributed by atoms with Crippen LogP contribution in [0.2, 0.25) is 0 Å². The molecule has 8 rings (SSSR count). The van der Waals surface area contributed by atoms with Crippen molar-refractivity contribution in [3.05, 3.63) is 29.3 Å². The molecule has 0 aromatic heterocycles. The zero-order valence-corrected chi connectivity index (χ0v) is 34.0. The molecular formula is C43H58N2O13. The van der Waals surface area contributed by atoms with Crippen molar-refractivity contribution in [2.45, 2.75) is 160 Å². The van der Waals surface area contributed by atoms with E-state index in [4.69, 9.17) is 33.5 Å². The molecule has 1 unspecified atom stereocenters. The van der Waals surface area contributed by atoms with Gasteiger partial charge in [-0.25, -0.2) is 9.78 Å². The molecule has 2 bridgehead atoms. The van der Waals surface area contributed by atoms with Crippen molar-refractivity contribution in [2.75, 3.05) is 13.2 Å². The van der Waals surface area contributed by atoms with Crippen LogP contribution in [0, 0.1) is 23.7 Å². The molecule has 318 valence electrons. The number of carbonyl (C=O) groups is 6. The van der Waals surface area contributed by atoms with Gasteiger partial charge in [0.05, 0.1) is 37.2 Å². The van der Waals surface area contributed by atoms with Gasteiger partial charge in [0.25, 0.3) is 11.8 Å². The summed E-state index contributed by atoms with van der Waals surface area (Å²) < 4.78 is 29.7. The number of benzene rings is 1. The Kier molecular flexibility index (Phi) is 13.2. The van der Waals surface area contributed by atoms with Crippen LogP contribution in [0.4, 0.5) is 0 Å². The Morgan fingerprint density at radius 1 is 0.828 bits per heavy atom. The molecule has 0 radical (unpaired) electrons. The molecule has 1 aliphatic carbocycles. The van der Waals surface area contributed by atoms with E-state index in [0.29, 0.717) is 31.3 Å². The molecule has 1 saturated carbocycles. The predicted molar refractivity (Wildman–Crippen MR) is 203 cm³/mol. The molecule has 5 saturated heterocycles. The van der Waals surface area contributed by atoms with Gasteiger partial charge in [-0.05, 0) is 69.4 Å². The molecular weight excluding hydrogens is 752 g/mol. The molecule has 1 aromatic carbocycles. The molecule has 1 spiro atoms. The lowest BCUT2D eigenvalue weighted by Crippen LogP contribution is -2.70. The molecule has 9 atom stereocenters. The Hall–Kier alpha value is -3.92. The average Bonchev–Trinajstić information content (AvgIpc) is 3.28. The summed E-state index contributed by atoms with van der Waals surface area (Å²) in [6, 6.07) is 3.85. The summed E-state index contributed by atoms with van der Waals surface area (Å²) in [5, 5.41) is 2.21. The van der Waals surface area contributed by atoms with E-state index in [0.717, 1.165) is 81.9 Å². The van der Waals surface area contributed by atoms with Crippen LogP contribution in [-0.4, -0.2) is 83.7 Å². The third kappa shape index (κ3) is 8.69. The van der Waals surface area contributed by atoms with Gasteiger partial charge < -0.3 is 23.7 Å². The zero-order valence-electron chi connectivity index (χ0n) is 34.0. The van der Waals surface area contributed by atoms with Crippen molar-refractivity contribution in [1.29, 1.82) is 0 Å². The van der Waals surface area contributed by atoms with Gasteiger partial charge in [-0.1, -0.05) is 64.9 Å². The van der Waals surface area contributed by atoms with E-state index in [2.05, 4.69) is 12.2 Å². The summed E-state index contributed by atoms with van der Waals surface area (Å²) in [5.41, 5.74) is -0.358. The third-order valence-electron chi connectivity index (χ3n) is 13.1. The first-order valence-electron chi connectivity index (χ1n) is 21.4. The Morgan fingerprint density at radius 3 is 2.28 bits per heavy atom. The van der Waals surface area contributed by atoms with E-state index in [1.165, 1.54) is 0 Å². The molecule has 15 nitrogen and oxygen atoms in total. The minimum atomic E-state index is -1.01. The summed E-state index contributed by atoms with van der Waals surface area (Å²) >= 11 is 0. The van der Waals surface area contributed by atoms with Crippen LogP contribution in [0.5, 0.6) is 5.75 Å². The Morgan fingerprint density at radius 2 is 1.53 bits per heavy atom. The monoisotopic (exact) mass is 810 g/mol. The maximum Gasteiger partial charge on any atom is 0.308 e. The molecule has 6 aliphatic heterocycles. The van der Waals surface area contributed by atoms with Crippen molar-refractivity contribution < 1.29 is 62.2 Å². The van der Waals surface area contributed by atoms with Gasteiger partial charge in [-0.3, -0.25) is 39.0 Å². The maximum atomic E-state index is 13.2. The minimum absolute atomic E-state index is 0.0422. The van der Waals surface area contributed by atoms with E-state index in [9.17, 15) is 28.8 Å². The summed E-state index contributed by atoms with van der Waals surface area (Å²) in [7, 11) is 0. The summed E-state index contributed by atoms with van der Waals surface area (Å²) in [6.07, 6.45) is 10.9. The number of rotatable bonds is 18. The first kappa shape index (κ1) is 42.2. The highest BCUT2D eigenvalue weighted by atomic mass is 17.3. The molecule has 1 N–H and O–H groups in total. The predicted octanol–water partition coefficient (Wildman–Crippen LogP) is 6.05. The van der Waals surface area contributed by atoms with Crippen LogP contribution < -0.4 is 10.1 Å². The smallest absolute Gasteiger partial charge is 0.308 e. The zero-order chi connectivity index (χ0) is 41.0. The van der Waals surface area contributed by atoms with Gasteiger partial charge in [-0.2, -0.15) is 0 Å². The number of esters is 2. The highest BCUT2D eigenvalue weighted by Gasteiger charge is 2.69. The van der Waals surface area contributed by atoms with Gasteiger partial charge in [-0.15, -0.1) is 0 Å². The van der Waals surface area contributed by atoms with Crippen LogP contribution in [0.1, 0.15) is 151 Å². The molecule has 6 fully saturated rings. The number of imide groups is 2. The lowest BCUT2D eigenvalue weighted by molar-refractivity contribution is -0.576. The fourth-order valence-corrected chi connectivity index (χ4v) is 9.89. The van der Waals surface area contributed by atoms with Gasteiger partial charge in [0, 0.05) is 24.7 Å². The highest BCUT2D eigenvalue weighted by molar-refractivity contribution is 6.24. The quantitative estimate of drug-likeness (QED) is 0.0784. The van der Waals surface area contributed by atoms with E-state index in [1.54, 1.807) is 18.2 Å². The normalized spacial score (nSPS) is 32.6. The molecule has 15 heteroatoms. The first-order valence-corrected chi connectivity index (χ1v) is 21.4. The van der Waals surface area contributed by atoms with Gasteiger partial charge in [0.15, 0.2) is 11.9 Å². The fraction of sp³-hybridized carbons (Fsp3) is 0.721. The van der Waals surface area contributed by atoms with Crippen molar-refractivity contribution in [1.82, 2.24) is 10.2 Å². The molecule has 6 heterocycles. The second-order valence-corrected chi connectivity index (χ2v) is 17.1. The van der Waals surface area contributed by atoms with Gasteiger partial charge in [0.1, 0.15) is 11.8 Å². The van der Waals surface area contributed by atoms with Crippen molar-refractivity contribution >= 4 is 35.6 Å². The number of ether oxygens (including phenoxy) is 5. The van der Waals surface area contributed by atoms with Crippen LogP contribution in [0.3, 0.4) is 0 Å². The first-order chi connectivity index (χ1) is 27.9. The molecule has 1 aromatic rings. The number of nitrogens with zero attached hydrogens (tertiary/aromatic N) is 1.